The summed E-state index contributed by atoms with van der Waals surface area (Å²) < 4.78 is 13.8. The van der Waals surface area contributed by atoms with Crippen molar-refractivity contribution in [3.05, 3.63) is 35.6 Å². The summed E-state index contributed by atoms with van der Waals surface area (Å²) >= 11 is 1.91. The predicted molar refractivity (Wildman–Crippen MR) is 75.2 cm³/mol. The molecular formula is C14H22FNS. The molecule has 1 aromatic rings. The monoisotopic (exact) mass is 255 g/mol. The van der Waals surface area contributed by atoms with Gasteiger partial charge < -0.3 is 5.32 Å². The van der Waals surface area contributed by atoms with E-state index >= 15 is 0 Å². The maximum atomic E-state index is 13.5. The van der Waals surface area contributed by atoms with Gasteiger partial charge in [-0.15, -0.1) is 0 Å². The van der Waals surface area contributed by atoms with Gasteiger partial charge in [-0.05, 0) is 25.1 Å². The SMILES string of the molecule is CNC(CSC(C)(C)C)Cc1ccccc1F. The molecule has 0 aliphatic rings. The quantitative estimate of drug-likeness (QED) is 0.864. The maximum absolute atomic E-state index is 13.5. The molecule has 0 spiro atoms. The molecule has 1 nitrogen and oxygen atoms in total. The average Bonchev–Trinajstić information content (AvgIpc) is 2.25. The van der Waals surface area contributed by atoms with Crippen molar-refractivity contribution >= 4 is 11.8 Å². The van der Waals surface area contributed by atoms with E-state index in [1.54, 1.807) is 6.07 Å². The zero-order valence-electron chi connectivity index (χ0n) is 11.1. The number of thioether (sulfide) groups is 1. The normalized spacial score (nSPS) is 13.7. The summed E-state index contributed by atoms with van der Waals surface area (Å²) in [6.45, 7) is 6.61. The molecule has 1 aromatic carbocycles. The lowest BCUT2D eigenvalue weighted by molar-refractivity contribution is 0.567. The molecule has 0 fully saturated rings. The fraction of sp³-hybridized carbons (Fsp3) is 0.571. The lowest BCUT2D eigenvalue weighted by Crippen LogP contribution is -2.32. The second-order valence-electron chi connectivity index (χ2n) is 5.20. The molecule has 0 aromatic heterocycles. The topological polar surface area (TPSA) is 12.0 Å². The Hall–Kier alpha value is -0.540. The summed E-state index contributed by atoms with van der Waals surface area (Å²) in [5.74, 6) is 0.891. The molecule has 1 N–H and O–H groups in total. The van der Waals surface area contributed by atoms with E-state index in [1.807, 2.05) is 30.9 Å². The largest absolute Gasteiger partial charge is 0.316 e. The van der Waals surface area contributed by atoms with Gasteiger partial charge in [0.2, 0.25) is 0 Å². The number of likely N-dealkylation sites (N-methyl/N-ethyl adjacent to an activating group) is 1. The van der Waals surface area contributed by atoms with Crippen molar-refractivity contribution in [1.82, 2.24) is 5.32 Å². The summed E-state index contributed by atoms with van der Waals surface area (Å²) in [6.07, 6.45) is 0.742. The van der Waals surface area contributed by atoms with Gasteiger partial charge in [-0.25, -0.2) is 4.39 Å². The molecule has 1 rings (SSSR count). The zero-order valence-corrected chi connectivity index (χ0v) is 11.9. The van der Waals surface area contributed by atoms with Crippen LogP contribution in [0.3, 0.4) is 0 Å². The molecular weight excluding hydrogens is 233 g/mol. The summed E-state index contributed by atoms with van der Waals surface area (Å²) in [6, 6.07) is 7.33. The molecule has 1 atom stereocenters. The zero-order chi connectivity index (χ0) is 12.9. The van der Waals surface area contributed by atoms with E-state index < -0.39 is 0 Å². The highest BCUT2D eigenvalue weighted by atomic mass is 32.2. The van der Waals surface area contributed by atoms with E-state index in [-0.39, 0.29) is 10.6 Å². The average molecular weight is 255 g/mol. The first-order chi connectivity index (χ1) is 7.92. The van der Waals surface area contributed by atoms with Gasteiger partial charge in [-0.2, -0.15) is 11.8 Å². The molecule has 3 heteroatoms. The number of nitrogens with one attached hydrogen (secondary N) is 1. The third-order valence-electron chi connectivity index (χ3n) is 2.55. The van der Waals surface area contributed by atoms with Crippen molar-refractivity contribution in [2.75, 3.05) is 12.8 Å². The number of hydrogen-bond acceptors (Lipinski definition) is 2. The number of benzene rings is 1. The highest BCUT2D eigenvalue weighted by Gasteiger charge is 2.16. The Morgan fingerprint density at radius 2 is 1.94 bits per heavy atom. The van der Waals surface area contributed by atoms with E-state index in [9.17, 15) is 4.39 Å². The number of hydrogen-bond donors (Lipinski definition) is 1. The molecule has 17 heavy (non-hydrogen) atoms. The highest BCUT2D eigenvalue weighted by molar-refractivity contribution is 8.00. The van der Waals surface area contributed by atoms with Crippen LogP contribution in [-0.2, 0) is 6.42 Å². The Bertz CT molecular complexity index is 346. The Kier molecular flexibility index (Phi) is 5.47. The lowest BCUT2D eigenvalue weighted by atomic mass is 10.1. The van der Waals surface area contributed by atoms with Crippen LogP contribution in [0.5, 0.6) is 0 Å². The van der Waals surface area contributed by atoms with Gasteiger partial charge in [-0.3, -0.25) is 0 Å². The minimum Gasteiger partial charge on any atom is -0.316 e. The van der Waals surface area contributed by atoms with Crippen LogP contribution in [-0.4, -0.2) is 23.6 Å². The van der Waals surface area contributed by atoms with Crippen LogP contribution in [0.4, 0.5) is 4.39 Å². The van der Waals surface area contributed by atoms with Gasteiger partial charge in [-0.1, -0.05) is 39.0 Å². The van der Waals surface area contributed by atoms with Crippen molar-refractivity contribution in [2.24, 2.45) is 0 Å². The van der Waals surface area contributed by atoms with Gasteiger partial charge in [0.15, 0.2) is 0 Å². The number of rotatable bonds is 5. The lowest BCUT2D eigenvalue weighted by Gasteiger charge is -2.22. The third-order valence-corrected chi connectivity index (χ3v) is 3.98. The molecule has 0 heterocycles. The van der Waals surface area contributed by atoms with Gasteiger partial charge in [0, 0.05) is 16.5 Å². The van der Waals surface area contributed by atoms with Crippen LogP contribution in [0.15, 0.2) is 24.3 Å². The van der Waals surface area contributed by atoms with Crippen LogP contribution < -0.4 is 5.32 Å². The molecule has 0 bridgehead atoms. The van der Waals surface area contributed by atoms with Crippen molar-refractivity contribution in [3.8, 4) is 0 Å². The van der Waals surface area contributed by atoms with Crippen LogP contribution >= 0.6 is 11.8 Å². The van der Waals surface area contributed by atoms with E-state index in [1.165, 1.54) is 6.07 Å². The summed E-state index contributed by atoms with van der Waals surface area (Å²) in [5.41, 5.74) is 0.793. The van der Waals surface area contributed by atoms with Gasteiger partial charge in [0.1, 0.15) is 5.82 Å². The summed E-state index contributed by atoms with van der Waals surface area (Å²) in [4.78, 5) is 0. The second kappa shape index (κ2) is 6.41. The predicted octanol–water partition coefficient (Wildman–Crippen LogP) is 3.49. The Morgan fingerprint density at radius 1 is 1.29 bits per heavy atom. The molecule has 0 radical (unpaired) electrons. The minimum absolute atomic E-state index is 0.103. The number of halogens is 1. The van der Waals surface area contributed by atoms with Crippen molar-refractivity contribution in [3.63, 3.8) is 0 Å². The Balaban J connectivity index is 2.56. The molecule has 0 aliphatic heterocycles. The Morgan fingerprint density at radius 3 is 2.47 bits per heavy atom. The maximum Gasteiger partial charge on any atom is 0.126 e. The van der Waals surface area contributed by atoms with E-state index in [0.717, 1.165) is 17.7 Å². The van der Waals surface area contributed by atoms with E-state index in [0.29, 0.717) is 6.04 Å². The van der Waals surface area contributed by atoms with Crippen molar-refractivity contribution in [2.45, 2.75) is 38.0 Å². The molecule has 1 unspecified atom stereocenters. The molecule has 96 valence electrons. The summed E-state index contributed by atoms with van der Waals surface area (Å²) in [7, 11) is 1.94. The Labute approximate surface area is 108 Å². The fourth-order valence-electron chi connectivity index (χ4n) is 1.52. The minimum atomic E-state index is -0.103. The van der Waals surface area contributed by atoms with Crippen LogP contribution in [0.1, 0.15) is 26.3 Å². The molecule has 0 aliphatic carbocycles. The summed E-state index contributed by atoms with van der Waals surface area (Å²) in [5, 5.41) is 3.26. The molecule has 0 saturated heterocycles. The van der Waals surface area contributed by atoms with Gasteiger partial charge >= 0.3 is 0 Å². The van der Waals surface area contributed by atoms with Gasteiger partial charge in [0.05, 0.1) is 0 Å². The van der Waals surface area contributed by atoms with Gasteiger partial charge in [0.25, 0.3) is 0 Å². The van der Waals surface area contributed by atoms with Crippen LogP contribution in [0, 0.1) is 5.82 Å². The first-order valence-electron chi connectivity index (χ1n) is 5.97. The standard InChI is InChI=1S/C14H22FNS/c1-14(2,3)17-10-12(16-4)9-11-7-5-6-8-13(11)15/h5-8,12,16H,9-10H2,1-4H3. The third kappa shape index (κ3) is 5.55. The van der Waals surface area contributed by atoms with Crippen molar-refractivity contribution < 1.29 is 4.39 Å². The second-order valence-corrected chi connectivity index (χ2v) is 7.05. The first-order valence-corrected chi connectivity index (χ1v) is 6.95. The van der Waals surface area contributed by atoms with E-state index in [2.05, 4.69) is 26.1 Å². The van der Waals surface area contributed by atoms with Crippen molar-refractivity contribution in [1.29, 1.82) is 0 Å². The smallest absolute Gasteiger partial charge is 0.126 e. The fourth-order valence-corrected chi connectivity index (χ4v) is 2.51. The molecule has 0 saturated carbocycles. The molecule has 0 amide bonds. The van der Waals surface area contributed by atoms with Crippen LogP contribution in [0.2, 0.25) is 0 Å². The highest BCUT2D eigenvalue weighted by Crippen LogP contribution is 2.24. The first kappa shape index (κ1) is 14.5. The van der Waals surface area contributed by atoms with Crippen LogP contribution in [0.25, 0.3) is 0 Å². The van der Waals surface area contributed by atoms with E-state index in [4.69, 9.17) is 0 Å².